The molecule has 1 N–H and O–H groups in total. The van der Waals surface area contributed by atoms with E-state index >= 15 is 0 Å². The number of hydrogen-bond acceptors (Lipinski definition) is 2. The van der Waals surface area contributed by atoms with Gasteiger partial charge >= 0.3 is 0 Å². The van der Waals surface area contributed by atoms with Crippen molar-refractivity contribution in [3.63, 3.8) is 0 Å². The van der Waals surface area contributed by atoms with Crippen molar-refractivity contribution in [1.29, 1.82) is 0 Å². The van der Waals surface area contributed by atoms with Crippen molar-refractivity contribution in [3.8, 4) is 0 Å². The van der Waals surface area contributed by atoms with Gasteiger partial charge in [-0.2, -0.15) is 0 Å². The fraction of sp³-hybridized carbons (Fsp3) is 0.375. The second-order valence-electron chi connectivity index (χ2n) is 5.18. The Labute approximate surface area is 122 Å². The standard InChI is InChI=1S/C16H19F2NS/c1-9-5-16(12(4)20-9)11(3)19-10(2)13-6-14(17)8-15(18)7-13/h5-8,10-11,19H,1-4H3. The maximum Gasteiger partial charge on any atom is 0.126 e. The maximum absolute atomic E-state index is 13.3. The molecule has 2 rings (SSSR count). The van der Waals surface area contributed by atoms with Crippen LogP contribution in [0.5, 0.6) is 0 Å². The molecule has 108 valence electrons. The first kappa shape index (κ1) is 15.1. The van der Waals surface area contributed by atoms with Crippen LogP contribution in [-0.2, 0) is 0 Å². The normalized spacial score (nSPS) is 14.3. The molecular formula is C16H19F2NS. The van der Waals surface area contributed by atoms with Gasteiger partial charge in [-0.1, -0.05) is 0 Å². The van der Waals surface area contributed by atoms with Gasteiger partial charge in [0.1, 0.15) is 11.6 Å². The molecule has 0 aliphatic rings. The minimum absolute atomic E-state index is 0.116. The monoisotopic (exact) mass is 295 g/mol. The van der Waals surface area contributed by atoms with Crippen LogP contribution < -0.4 is 5.32 Å². The molecule has 0 amide bonds. The van der Waals surface area contributed by atoms with Gasteiger partial charge < -0.3 is 5.32 Å². The second kappa shape index (κ2) is 6.02. The van der Waals surface area contributed by atoms with E-state index in [-0.39, 0.29) is 12.1 Å². The van der Waals surface area contributed by atoms with Gasteiger partial charge in [0.05, 0.1) is 0 Å². The number of halogens is 2. The van der Waals surface area contributed by atoms with Crippen LogP contribution >= 0.6 is 11.3 Å². The third-order valence-electron chi connectivity index (χ3n) is 3.43. The molecule has 2 unspecified atom stereocenters. The van der Waals surface area contributed by atoms with E-state index in [9.17, 15) is 8.78 Å². The lowest BCUT2D eigenvalue weighted by atomic mass is 10.0. The van der Waals surface area contributed by atoms with E-state index in [0.717, 1.165) is 6.07 Å². The van der Waals surface area contributed by atoms with Crippen LogP contribution in [0.1, 0.15) is 46.8 Å². The third kappa shape index (κ3) is 3.44. The highest BCUT2D eigenvalue weighted by Gasteiger charge is 2.15. The van der Waals surface area contributed by atoms with Crippen molar-refractivity contribution in [1.82, 2.24) is 5.32 Å². The largest absolute Gasteiger partial charge is 0.304 e. The molecule has 0 radical (unpaired) electrons. The van der Waals surface area contributed by atoms with Crippen LogP contribution in [0, 0.1) is 25.5 Å². The molecule has 1 aromatic carbocycles. The number of hydrogen-bond donors (Lipinski definition) is 1. The smallest absolute Gasteiger partial charge is 0.126 e. The number of aryl methyl sites for hydroxylation is 2. The molecule has 0 aliphatic heterocycles. The van der Waals surface area contributed by atoms with E-state index < -0.39 is 11.6 Å². The zero-order chi connectivity index (χ0) is 14.9. The van der Waals surface area contributed by atoms with Crippen LogP contribution in [0.2, 0.25) is 0 Å². The zero-order valence-corrected chi connectivity index (χ0v) is 12.9. The van der Waals surface area contributed by atoms with Crippen LogP contribution in [0.15, 0.2) is 24.3 Å². The van der Waals surface area contributed by atoms with Crippen molar-refractivity contribution < 1.29 is 8.78 Å². The summed E-state index contributed by atoms with van der Waals surface area (Å²) in [6, 6.07) is 5.83. The predicted molar refractivity (Wildman–Crippen MR) is 80.1 cm³/mol. The Morgan fingerprint density at radius 1 is 0.950 bits per heavy atom. The summed E-state index contributed by atoms with van der Waals surface area (Å²) in [5.41, 5.74) is 1.87. The van der Waals surface area contributed by atoms with Crippen LogP contribution in [0.3, 0.4) is 0 Å². The first-order valence-corrected chi connectivity index (χ1v) is 7.47. The lowest BCUT2D eigenvalue weighted by Crippen LogP contribution is -2.22. The molecule has 0 aliphatic carbocycles. The predicted octanol–water partition coefficient (Wildman–Crippen LogP) is 5.05. The first-order valence-electron chi connectivity index (χ1n) is 6.66. The molecule has 1 nitrogen and oxygen atoms in total. The molecule has 1 aromatic heterocycles. The van der Waals surface area contributed by atoms with Crippen molar-refractivity contribution in [2.24, 2.45) is 0 Å². The summed E-state index contributed by atoms with van der Waals surface area (Å²) in [7, 11) is 0. The highest BCUT2D eigenvalue weighted by molar-refractivity contribution is 7.12. The fourth-order valence-corrected chi connectivity index (χ4v) is 3.49. The van der Waals surface area contributed by atoms with Crippen LogP contribution in [0.25, 0.3) is 0 Å². The maximum atomic E-state index is 13.3. The summed E-state index contributed by atoms with van der Waals surface area (Å²) in [5, 5.41) is 3.39. The molecule has 1 heterocycles. The van der Waals surface area contributed by atoms with Gasteiger partial charge in [0.25, 0.3) is 0 Å². The molecular weight excluding hydrogens is 276 g/mol. The zero-order valence-electron chi connectivity index (χ0n) is 12.1. The Hall–Kier alpha value is -1.26. The van der Waals surface area contributed by atoms with E-state index in [4.69, 9.17) is 0 Å². The number of rotatable bonds is 4. The lowest BCUT2D eigenvalue weighted by Gasteiger charge is -2.20. The molecule has 4 heteroatoms. The lowest BCUT2D eigenvalue weighted by molar-refractivity contribution is 0.487. The molecule has 0 saturated carbocycles. The van der Waals surface area contributed by atoms with E-state index in [1.54, 1.807) is 11.3 Å². The summed E-state index contributed by atoms with van der Waals surface area (Å²) in [5.74, 6) is -1.08. The Kier molecular flexibility index (Phi) is 4.55. The van der Waals surface area contributed by atoms with Gasteiger partial charge in [0.2, 0.25) is 0 Å². The van der Waals surface area contributed by atoms with Gasteiger partial charge in [-0.05, 0) is 57.0 Å². The van der Waals surface area contributed by atoms with E-state index in [0.29, 0.717) is 5.56 Å². The van der Waals surface area contributed by atoms with Gasteiger partial charge in [-0.3, -0.25) is 0 Å². The minimum Gasteiger partial charge on any atom is -0.304 e. The van der Waals surface area contributed by atoms with Gasteiger partial charge in [0, 0.05) is 27.9 Å². The molecule has 0 saturated heterocycles. The number of benzene rings is 1. The average molecular weight is 295 g/mol. The summed E-state index contributed by atoms with van der Waals surface area (Å²) < 4.78 is 26.5. The van der Waals surface area contributed by atoms with Gasteiger partial charge in [0.15, 0.2) is 0 Å². The highest BCUT2D eigenvalue weighted by Crippen LogP contribution is 2.28. The topological polar surface area (TPSA) is 12.0 Å². The Bertz CT molecular complexity index is 586. The van der Waals surface area contributed by atoms with Crippen molar-refractivity contribution in [2.75, 3.05) is 0 Å². The second-order valence-corrected chi connectivity index (χ2v) is 6.64. The van der Waals surface area contributed by atoms with E-state index in [2.05, 4.69) is 32.2 Å². The van der Waals surface area contributed by atoms with Crippen molar-refractivity contribution in [3.05, 3.63) is 56.8 Å². The van der Waals surface area contributed by atoms with E-state index in [1.807, 2.05) is 6.92 Å². The molecule has 0 fully saturated rings. The average Bonchev–Trinajstić information content (AvgIpc) is 2.67. The Morgan fingerprint density at radius 2 is 1.55 bits per heavy atom. The fourth-order valence-electron chi connectivity index (χ4n) is 2.47. The first-order chi connectivity index (χ1) is 9.36. The number of nitrogens with one attached hydrogen (secondary N) is 1. The molecule has 20 heavy (non-hydrogen) atoms. The van der Waals surface area contributed by atoms with Crippen molar-refractivity contribution >= 4 is 11.3 Å². The molecule has 0 bridgehead atoms. The van der Waals surface area contributed by atoms with Crippen LogP contribution in [0.4, 0.5) is 8.78 Å². The Balaban J connectivity index is 2.14. The van der Waals surface area contributed by atoms with Gasteiger partial charge in [-0.25, -0.2) is 8.78 Å². The summed E-state index contributed by atoms with van der Waals surface area (Å²) >= 11 is 1.77. The van der Waals surface area contributed by atoms with Crippen LogP contribution in [-0.4, -0.2) is 0 Å². The van der Waals surface area contributed by atoms with E-state index in [1.165, 1.54) is 27.5 Å². The third-order valence-corrected chi connectivity index (χ3v) is 4.41. The van der Waals surface area contributed by atoms with Crippen molar-refractivity contribution in [2.45, 2.75) is 39.8 Å². The highest BCUT2D eigenvalue weighted by atomic mass is 32.1. The Morgan fingerprint density at radius 3 is 2.05 bits per heavy atom. The molecule has 2 atom stereocenters. The molecule has 2 aromatic rings. The molecule has 0 spiro atoms. The van der Waals surface area contributed by atoms with Gasteiger partial charge in [-0.15, -0.1) is 11.3 Å². The summed E-state index contributed by atoms with van der Waals surface area (Å²) in [6.45, 7) is 8.16. The summed E-state index contributed by atoms with van der Waals surface area (Å²) in [6.07, 6.45) is 0. The minimum atomic E-state index is -0.538. The quantitative estimate of drug-likeness (QED) is 0.831. The number of thiophene rings is 1. The summed E-state index contributed by atoms with van der Waals surface area (Å²) in [4.78, 5) is 2.55. The SMILES string of the molecule is Cc1cc(C(C)NC(C)c2cc(F)cc(F)c2)c(C)s1.